The van der Waals surface area contributed by atoms with Gasteiger partial charge in [0.1, 0.15) is 5.82 Å². The molecule has 16 heavy (non-hydrogen) atoms. The van der Waals surface area contributed by atoms with Crippen molar-refractivity contribution in [2.24, 2.45) is 0 Å². The summed E-state index contributed by atoms with van der Waals surface area (Å²) in [7, 11) is 1.22. The molecule has 84 valence electrons. The van der Waals surface area contributed by atoms with E-state index >= 15 is 0 Å². The summed E-state index contributed by atoms with van der Waals surface area (Å²) in [6, 6.07) is 3.61. The Morgan fingerprint density at radius 2 is 2.00 bits per heavy atom. The van der Waals surface area contributed by atoms with Crippen molar-refractivity contribution < 1.29 is 8.42 Å². The molecular formula is C8H7ClN4O2S. The molecule has 0 bridgehead atoms. The number of pyridine rings is 1. The Bertz CT molecular complexity index is 581. The number of rotatable bonds is 3. The minimum atomic E-state index is -3.87. The molecule has 2 heterocycles. The zero-order valence-electron chi connectivity index (χ0n) is 7.96. The van der Waals surface area contributed by atoms with Gasteiger partial charge in [0.05, 0.1) is 0 Å². The Morgan fingerprint density at radius 1 is 1.31 bits per heavy atom. The molecule has 0 spiro atoms. The average Bonchev–Trinajstić information content (AvgIpc) is 2.67. The van der Waals surface area contributed by atoms with E-state index in [4.69, 9.17) is 10.7 Å². The van der Waals surface area contributed by atoms with E-state index in [0.717, 1.165) is 5.56 Å². The Balaban J connectivity index is 2.22. The van der Waals surface area contributed by atoms with Crippen molar-refractivity contribution in [1.29, 1.82) is 0 Å². The molecule has 2 aromatic heterocycles. The Kier molecular flexibility index (Phi) is 2.88. The lowest BCUT2D eigenvalue weighted by molar-refractivity contribution is 0.601. The van der Waals surface area contributed by atoms with Gasteiger partial charge in [-0.1, -0.05) is 0 Å². The standard InChI is InChI=1S/C8H7ClN4O2S/c9-16(14,15)8-11-7(12-13-8)5-6-1-3-10-4-2-6/h1-4H,5H2,(H,11,12,13). The summed E-state index contributed by atoms with van der Waals surface area (Å²) in [6.45, 7) is 0. The molecule has 0 atom stereocenters. The molecule has 0 radical (unpaired) electrons. The van der Waals surface area contributed by atoms with Crippen molar-refractivity contribution in [3.63, 3.8) is 0 Å². The SMILES string of the molecule is O=S(=O)(Cl)c1n[nH]c(Cc2ccncc2)n1. The summed E-state index contributed by atoms with van der Waals surface area (Å²) >= 11 is 0. The average molecular weight is 259 g/mol. The van der Waals surface area contributed by atoms with Crippen LogP contribution in [-0.4, -0.2) is 28.6 Å². The molecular weight excluding hydrogens is 252 g/mol. The van der Waals surface area contributed by atoms with Crippen molar-refractivity contribution >= 4 is 19.7 Å². The molecule has 6 nitrogen and oxygen atoms in total. The molecule has 2 aromatic rings. The zero-order valence-corrected chi connectivity index (χ0v) is 9.53. The van der Waals surface area contributed by atoms with E-state index in [1.54, 1.807) is 24.5 Å². The van der Waals surface area contributed by atoms with Crippen LogP contribution < -0.4 is 0 Å². The van der Waals surface area contributed by atoms with E-state index in [9.17, 15) is 8.42 Å². The number of hydrogen-bond acceptors (Lipinski definition) is 5. The molecule has 1 N–H and O–H groups in total. The zero-order chi connectivity index (χ0) is 11.6. The van der Waals surface area contributed by atoms with E-state index < -0.39 is 14.2 Å². The van der Waals surface area contributed by atoms with Gasteiger partial charge in [0.25, 0.3) is 14.2 Å². The fourth-order valence-corrected chi connectivity index (χ4v) is 1.74. The van der Waals surface area contributed by atoms with Gasteiger partial charge in [-0.2, -0.15) is 0 Å². The molecule has 8 heteroatoms. The van der Waals surface area contributed by atoms with Crippen LogP contribution in [0.25, 0.3) is 0 Å². The first-order valence-electron chi connectivity index (χ1n) is 4.30. The number of halogens is 1. The molecule has 0 saturated heterocycles. The summed E-state index contributed by atoms with van der Waals surface area (Å²) in [4.78, 5) is 7.64. The van der Waals surface area contributed by atoms with Gasteiger partial charge in [-0.05, 0) is 17.7 Å². The van der Waals surface area contributed by atoms with Crippen LogP contribution >= 0.6 is 10.7 Å². The number of nitrogens with zero attached hydrogens (tertiary/aromatic N) is 3. The van der Waals surface area contributed by atoms with Crippen LogP contribution in [0.2, 0.25) is 0 Å². The summed E-state index contributed by atoms with van der Waals surface area (Å²) in [5, 5.41) is 5.62. The molecule has 0 fully saturated rings. The second kappa shape index (κ2) is 4.18. The lowest BCUT2D eigenvalue weighted by Gasteiger charge is -1.94. The van der Waals surface area contributed by atoms with E-state index in [1.807, 2.05) is 0 Å². The summed E-state index contributed by atoms with van der Waals surface area (Å²) in [6.07, 6.45) is 3.73. The number of aromatic nitrogens is 4. The maximum atomic E-state index is 10.9. The summed E-state index contributed by atoms with van der Waals surface area (Å²) in [5.41, 5.74) is 0.949. The molecule has 0 amide bonds. The molecule has 0 aromatic carbocycles. The fourth-order valence-electron chi connectivity index (χ4n) is 1.16. The number of H-pyrrole nitrogens is 1. The van der Waals surface area contributed by atoms with Gasteiger partial charge in [-0.15, -0.1) is 5.10 Å². The van der Waals surface area contributed by atoms with Gasteiger partial charge in [-0.3, -0.25) is 10.1 Å². The fraction of sp³-hybridized carbons (Fsp3) is 0.125. The third-order valence-electron chi connectivity index (χ3n) is 1.85. The van der Waals surface area contributed by atoms with E-state index in [-0.39, 0.29) is 0 Å². The van der Waals surface area contributed by atoms with Crippen LogP contribution in [0.3, 0.4) is 0 Å². The minimum absolute atomic E-state index is 0.404. The smallest absolute Gasteiger partial charge is 0.265 e. The first kappa shape index (κ1) is 11.0. The van der Waals surface area contributed by atoms with Gasteiger partial charge in [0, 0.05) is 29.5 Å². The number of aromatic amines is 1. The van der Waals surface area contributed by atoms with Crippen molar-refractivity contribution in [2.45, 2.75) is 11.6 Å². The maximum Gasteiger partial charge on any atom is 0.298 e. The molecule has 0 unspecified atom stereocenters. The van der Waals surface area contributed by atoms with Gasteiger partial charge in [-0.25, -0.2) is 13.4 Å². The highest BCUT2D eigenvalue weighted by atomic mass is 35.7. The van der Waals surface area contributed by atoms with Crippen LogP contribution in [0.4, 0.5) is 0 Å². The predicted molar refractivity (Wildman–Crippen MR) is 56.5 cm³/mol. The lowest BCUT2D eigenvalue weighted by Crippen LogP contribution is -1.94. The van der Waals surface area contributed by atoms with E-state index in [2.05, 4.69) is 20.2 Å². The predicted octanol–water partition coefficient (Wildman–Crippen LogP) is 0.718. The molecule has 0 aliphatic heterocycles. The van der Waals surface area contributed by atoms with Gasteiger partial charge < -0.3 is 0 Å². The highest BCUT2D eigenvalue weighted by molar-refractivity contribution is 8.13. The summed E-state index contributed by atoms with van der Waals surface area (Å²) < 4.78 is 21.8. The van der Waals surface area contributed by atoms with Gasteiger partial charge in [0.15, 0.2) is 0 Å². The van der Waals surface area contributed by atoms with Crippen LogP contribution in [-0.2, 0) is 15.5 Å². The summed E-state index contributed by atoms with van der Waals surface area (Å²) in [5.74, 6) is 0.436. The van der Waals surface area contributed by atoms with Crippen molar-refractivity contribution in [3.05, 3.63) is 35.9 Å². The van der Waals surface area contributed by atoms with Crippen LogP contribution in [0.15, 0.2) is 29.7 Å². The van der Waals surface area contributed by atoms with Crippen molar-refractivity contribution in [2.75, 3.05) is 0 Å². The third-order valence-corrected chi connectivity index (χ3v) is 2.88. The molecule has 2 rings (SSSR count). The third kappa shape index (κ3) is 2.56. The first-order chi connectivity index (χ1) is 7.55. The van der Waals surface area contributed by atoms with Gasteiger partial charge in [0.2, 0.25) is 0 Å². The van der Waals surface area contributed by atoms with Crippen molar-refractivity contribution in [3.8, 4) is 0 Å². The van der Waals surface area contributed by atoms with E-state index in [1.165, 1.54) is 0 Å². The molecule has 0 aliphatic carbocycles. The first-order valence-corrected chi connectivity index (χ1v) is 6.61. The highest BCUT2D eigenvalue weighted by Crippen LogP contribution is 2.10. The Labute approximate surface area is 96.1 Å². The maximum absolute atomic E-state index is 10.9. The largest absolute Gasteiger partial charge is 0.298 e. The highest BCUT2D eigenvalue weighted by Gasteiger charge is 2.16. The second-order valence-corrected chi connectivity index (χ2v) is 5.49. The normalized spacial score (nSPS) is 11.6. The van der Waals surface area contributed by atoms with E-state index in [0.29, 0.717) is 12.2 Å². The van der Waals surface area contributed by atoms with Crippen molar-refractivity contribution in [1.82, 2.24) is 20.2 Å². The monoisotopic (exact) mass is 258 g/mol. The lowest BCUT2D eigenvalue weighted by atomic mass is 10.2. The number of hydrogen-bond donors (Lipinski definition) is 1. The number of nitrogens with one attached hydrogen (secondary N) is 1. The Morgan fingerprint density at radius 3 is 2.56 bits per heavy atom. The van der Waals surface area contributed by atoms with Gasteiger partial charge >= 0.3 is 0 Å². The topological polar surface area (TPSA) is 88.6 Å². The van der Waals surface area contributed by atoms with Crippen LogP contribution in [0, 0.1) is 0 Å². The minimum Gasteiger partial charge on any atom is -0.265 e. The second-order valence-electron chi connectivity index (χ2n) is 3.03. The quantitative estimate of drug-likeness (QED) is 0.820. The molecule has 0 saturated carbocycles. The molecule has 0 aliphatic rings. The van der Waals surface area contributed by atoms with Crippen LogP contribution in [0.1, 0.15) is 11.4 Å². The Hall–Kier alpha value is -1.47. The van der Waals surface area contributed by atoms with Crippen LogP contribution in [0.5, 0.6) is 0 Å².